The average molecular weight is 197 g/mol. The van der Waals surface area contributed by atoms with Crippen molar-refractivity contribution in [3.8, 4) is 11.8 Å². The molecule has 0 saturated carbocycles. The molecule has 0 aromatic heterocycles. The minimum Gasteiger partial charge on any atom is -0.128 e. The van der Waals surface area contributed by atoms with Crippen molar-refractivity contribution in [1.82, 2.24) is 0 Å². The molecule has 1 aromatic rings. The van der Waals surface area contributed by atoms with Crippen LogP contribution in [0.25, 0.3) is 0 Å². The lowest BCUT2D eigenvalue weighted by atomic mass is 10.2. The minimum absolute atomic E-state index is 0.392. The average Bonchev–Trinajstić information content (AvgIpc) is 2.15. The van der Waals surface area contributed by atoms with E-state index in [9.17, 15) is 0 Å². The van der Waals surface area contributed by atoms with Crippen molar-refractivity contribution < 1.29 is 0 Å². The maximum Gasteiger partial charge on any atom is 0.0839 e. The number of benzene rings is 1. The maximum absolute atomic E-state index is 5.47. The minimum atomic E-state index is 0.392. The number of hydrogen-bond donors (Lipinski definition) is 0. The van der Waals surface area contributed by atoms with E-state index in [1.165, 1.54) is 4.90 Å². The molecule has 0 aliphatic carbocycles. The van der Waals surface area contributed by atoms with Gasteiger partial charge in [0.05, 0.1) is 5.88 Å². The second-order valence-corrected chi connectivity index (χ2v) is 3.25. The SMILES string of the molecule is CSc1ccccc1C#CCCl. The first-order valence-electron chi connectivity index (χ1n) is 3.56. The van der Waals surface area contributed by atoms with Crippen molar-refractivity contribution in [2.24, 2.45) is 0 Å². The van der Waals surface area contributed by atoms with Crippen LogP contribution in [0.1, 0.15) is 5.56 Å². The highest BCUT2D eigenvalue weighted by atomic mass is 35.5. The van der Waals surface area contributed by atoms with E-state index in [1.807, 2.05) is 24.5 Å². The van der Waals surface area contributed by atoms with Gasteiger partial charge in [-0.2, -0.15) is 0 Å². The lowest BCUT2D eigenvalue weighted by Gasteiger charge is -1.97. The van der Waals surface area contributed by atoms with E-state index >= 15 is 0 Å². The summed E-state index contributed by atoms with van der Waals surface area (Å²) in [7, 11) is 0. The summed E-state index contributed by atoms with van der Waals surface area (Å²) in [4.78, 5) is 1.20. The molecule has 0 unspecified atom stereocenters. The molecule has 0 amide bonds. The molecule has 0 N–H and O–H groups in total. The number of thioether (sulfide) groups is 1. The fourth-order valence-corrected chi connectivity index (χ4v) is 1.50. The zero-order chi connectivity index (χ0) is 8.81. The molecule has 1 aromatic carbocycles. The van der Waals surface area contributed by atoms with Crippen LogP contribution in [0.2, 0.25) is 0 Å². The standard InChI is InChI=1S/C10H9ClS/c1-12-10-7-3-2-5-9(10)6-4-8-11/h2-3,5,7H,8H2,1H3. The molecule has 0 nitrogen and oxygen atoms in total. The highest BCUT2D eigenvalue weighted by Gasteiger charge is 1.94. The van der Waals surface area contributed by atoms with E-state index in [4.69, 9.17) is 11.6 Å². The molecule has 2 heteroatoms. The van der Waals surface area contributed by atoms with Crippen molar-refractivity contribution >= 4 is 23.4 Å². The summed E-state index contributed by atoms with van der Waals surface area (Å²) in [5.41, 5.74) is 1.06. The second-order valence-electron chi connectivity index (χ2n) is 2.14. The maximum atomic E-state index is 5.47. The fourth-order valence-electron chi connectivity index (χ4n) is 0.877. The van der Waals surface area contributed by atoms with Crippen LogP contribution in [0, 0.1) is 11.8 Å². The molecule has 0 fully saturated rings. The molecule has 1 rings (SSSR count). The Kier molecular flexibility index (Phi) is 4.07. The smallest absolute Gasteiger partial charge is 0.0839 e. The topological polar surface area (TPSA) is 0 Å². The highest BCUT2D eigenvalue weighted by Crippen LogP contribution is 2.18. The van der Waals surface area contributed by atoms with Gasteiger partial charge in [-0.1, -0.05) is 24.0 Å². The van der Waals surface area contributed by atoms with Crippen LogP contribution in [0.3, 0.4) is 0 Å². The molecular formula is C10H9ClS. The predicted octanol–water partition coefficient (Wildman–Crippen LogP) is 3.00. The van der Waals surface area contributed by atoms with E-state index < -0.39 is 0 Å². The van der Waals surface area contributed by atoms with E-state index in [0.717, 1.165) is 5.56 Å². The van der Waals surface area contributed by atoms with E-state index in [0.29, 0.717) is 5.88 Å². The predicted molar refractivity (Wildman–Crippen MR) is 55.8 cm³/mol. The van der Waals surface area contributed by atoms with E-state index in [1.54, 1.807) is 11.8 Å². The summed E-state index contributed by atoms with van der Waals surface area (Å²) >= 11 is 7.17. The molecule has 0 bridgehead atoms. The van der Waals surface area contributed by atoms with Gasteiger partial charge in [-0.05, 0) is 18.4 Å². The third kappa shape index (κ3) is 2.48. The summed E-state index contributed by atoms with van der Waals surface area (Å²) < 4.78 is 0. The Bertz CT molecular complexity index is 309. The van der Waals surface area contributed by atoms with Crippen LogP contribution in [0.5, 0.6) is 0 Å². The third-order valence-corrected chi connectivity index (χ3v) is 2.33. The number of hydrogen-bond acceptors (Lipinski definition) is 1. The first-order chi connectivity index (χ1) is 5.88. The van der Waals surface area contributed by atoms with Gasteiger partial charge in [0.2, 0.25) is 0 Å². The van der Waals surface area contributed by atoms with Gasteiger partial charge in [-0.15, -0.1) is 23.4 Å². The molecule has 0 spiro atoms. The van der Waals surface area contributed by atoms with Crippen LogP contribution >= 0.6 is 23.4 Å². The number of alkyl halides is 1. The van der Waals surface area contributed by atoms with Gasteiger partial charge < -0.3 is 0 Å². The molecule has 62 valence electrons. The van der Waals surface area contributed by atoms with Crippen molar-refractivity contribution in [3.05, 3.63) is 29.8 Å². The van der Waals surface area contributed by atoms with Crippen molar-refractivity contribution in [1.29, 1.82) is 0 Å². The Morgan fingerprint density at radius 3 is 2.83 bits per heavy atom. The molecule has 0 atom stereocenters. The van der Waals surface area contributed by atoms with Crippen LogP contribution in [0.4, 0.5) is 0 Å². The summed E-state index contributed by atoms with van der Waals surface area (Å²) in [6, 6.07) is 8.06. The Labute approximate surface area is 82.3 Å². The van der Waals surface area contributed by atoms with Gasteiger partial charge in [0.25, 0.3) is 0 Å². The van der Waals surface area contributed by atoms with Gasteiger partial charge in [0, 0.05) is 10.5 Å². The lowest BCUT2D eigenvalue weighted by molar-refractivity contribution is 1.42. The monoisotopic (exact) mass is 196 g/mol. The Hall–Kier alpha value is -0.580. The third-order valence-electron chi connectivity index (χ3n) is 1.40. The van der Waals surface area contributed by atoms with Crippen molar-refractivity contribution in [3.63, 3.8) is 0 Å². The van der Waals surface area contributed by atoms with Crippen molar-refractivity contribution in [2.45, 2.75) is 4.90 Å². The summed E-state index contributed by atoms with van der Waals surface area (Å²) in [6.07, 6.45) is 2.04. The number of rotatable bonds is 1. The summed E-state index contributed by atoms with van der Waals surface area (Å²) in [6.45, 7) is 0. The largest absolute Gasteiger partial charge is 0.128 e. The van der Waals surface area contributed by atoms with Crippen molar-refractivity contribution in [2.75, 3.05) is 12.1 Å². The van der Waals surface area contributed by atoms with Crippen LogP contribution in [-0.4, -0.2) is 12.1 Å². The molecular weight excluding hydrogens is 188 g/mol. The molecule has 0 aliphatic heterocycles. The van der Waals surface area contributed by atoms with Gasteiger partial charge in [-0.3, -0.25) is 0 Å². The van der Waals surface area contributed by atoms with Crippen LogP contribution in [-0.2, 0) is 0 Å². The quantitative estimate of drug-likeness (QED) is 0.378. The summed E-state index contributed by atoms with van der Waals surface area (Å²) in [5.74, 6) is 6.24. The fraction of sp³-hybridized carbons (Fsp3) is 0.200. The highest BCUT2D eigenvalue weighted by molar-refractivity contribution is 7.98. The van der Waals surface area contributed by atoms with Gasteiger partial charge in [0.15, 0.2) is 0 Å². The second kappa shape index (κ2) is 5.13. The van der Waals surface area contributed by atoms with E-state index in [2.05, 4.69) is 17.9 Å². The zero-order valence-corrected chi connectivity index (χ0v) is 8.38. The van der Waals surface area contributed by atoms with Gasteiger partial charge in [0.1, 0.15) is 0 Å². The molecule has 0 radical (unpaired) electrons. The van der Waals surface area contributed by atoms with Gasteiger partial charge >= 0.3 is 0 Å². The molecule has 0 heterocycles. The molecule has 12 heavy (non-hydrogen) atoms. The normalized spacial score (nSPS) is 8.83. The Balaban J connectivity index is 2.97. The van der Waals surface area contributed by atoms with Crippen LogP contribution in [0.15, 0.2) is 29.2 Å². The molecule has 0 aliphatic rings. The first-order valence-corrected chi connectivity index (χ1v) is 5.32. The Morgan fingerprint density at radius 1 is 1.42 bits per heavy atom. The summed E-state index contributed by atoms with van der Waals surface area (Å²) in [5, 5.41) is 0. The first kappa shape index (κ1) is 9.51. The zero-order valence-electron chi connectivity index (χ0n) is 6.80. The van der Waals surface area contributed by atoms with Gasteiger partial charge in [-0.25, -0.2) is 0 Å². The van der Waals surface area contributed by atoms with E-state index in [-0.39, 0.29) is 0 Å². The molecule has 0 saturated heterocycles. The lowest BCUT2D eigenvalue weighted by Crippen LogP contribution is -1.78. The Morgan fingerprint density at radius 2 is 2.17 bits per heavy atom. The van der Waals surface area contributed by atoms with Crippen LogP contribution < -0.4 is 0 Å². The number of halogens is 1.